The lowest BCUT2D eigenvalue weighted by Crippen LogP contribution is -2.39. The molecular formula is C25H36IN5O2. The fourth-order valence-electron chi connectivity index (χ4n) is 3.80. The number of hydrogen-bond acceptors (Lipinski definition) is 4. The Morgan fingerprint density at radius 2 is 1.88 bits per heavy atom. The van der Waals surface area contributed by atoms with Crippen LogP contribution in [-0.2, 0) is 0 Å². The van der Waals surface area contributed by atoms with Gasteiger partial charge in [0.1, 0.15) is 5.75 Å². The van der Waals surface area contributed by atoms with E-state index >= 15 is 0 Å². The molecule has 8 heteroatoms. The Balaban J connectivity index is 0.00000385. The molecule has 180 valence electrons. The number of phenols is 1. The summed E-state index contributed by atoms with van der Waals surface area (Å²) in [4.78, 5) is 19.2. The first-order valence-electron chi connectivity index (χ1n) is 11.5. The number of nitrogens with one attached hydrogen (secondary N) is 3. The van der Waals surface area contributed by atoms with Crippen molar-refractivity contribution < 1.29 is 9.90 Å². The van der Waals surface area contributed by atoms with Gasteiger partial charge in [0.15, 0.2) is 5.96 Å². The van der Waals surface area contributed by atoms with Crippen molar-refractivity contribution in [3.05, 3.63) is 59.7 Å². The Bertz CT molecular complexity index is 915. The number of nitrogens with zero attached hydrogens (tertiary/aromatic N) is 2. The van der Waals surface area contributed by atoms with E-state index in [2.05, 4.69) is 57.0 Å². The van der Waals surface area contributed by atoms with E-state index in [1.165, 1.54) is 30.2 Å². The number of anilines is 1. The fraction of sp³-hybridized carbons (Fsp3) is 0.440. The number of guanidine groups is 1. The molecule has 1 aliphatic rings. The van der Waals surface area contributed by atoms with Crippen molar-refractivity contribution in [1.82, 2.24) is 16.0 Å². The summed E-state index contributed by atoms with van der Waals surface area (Å²) in [6.07, 6.45) is 3.26. The first-order valence-corrected chi connectivity index (χ1v) is 11.5. The molecule has 7 nitrogen and oxygen atoms in total. The molecule has 0 aromatic heterocycles. The van der Waals surface area contributed by atoms with Gasteiger partial charge in [0.05, 0.1) is 6.04 Å². The molecular weight excluding hydrogens is 529 g/mol. The number of carbonyl (C=O) groups is 1. The maximum atomic E-state index is 12.1. The van der Waals surface area contributed by atoms with Gasteiger partial charge in [-0.15, -0.1) is 24.0 Å². The van der Waals surface area contributed by atoms with E-state index in [0.29, 0.717) is 18.7 Å². The Labute approximate surface area is 214 Å². The van der Waals surface area contributed by atoms with Gasteiger partial charge in [-0.1, -0.05) is 18.2 Å². The molecule has 0 saturated carbocycles. The molecule has 0 radical (unpaired) electrons. The van der Waals surface area contributed by atoms with Crippen LogP contribution in [0.5, 0.6) is 5.75 Å². The third kappa shape index (κ3) is 8.42. The minimum Gasteiger partial charge on any atom is -0.508 e. The summed E-state index contributed by atoms with van der Waals surface area (Å²) in [6.45, 7) is 8.35. The average Bonchev–Trinajstić information content (AvgIpc) is 3.34. The summed E-state index contributed by atoms with van der Waals surface area (Å²) in [5.74, 6) is 0.663. The lowest BCUT2D eigenvalue weighted by Gasteiger charge is -2.22. The lowest BCUT2D eigenvalue weighted by atomic mass is 10.1. The molecule has 1 saturated heterocycles. The van der Waals surface area contributed by atoms with E-state index in [0.717, 1.165) is 32.0 Å². The first-order chi connectivity index (χ1) is 15.6. The van der Waals surface area contributed by atoms with E-state index in [1.807, 2.05) is 6.92 Å². The quantitative estimate of drug-likeness (QED) is 0.160. The number of phenolic OH excluding ortho intramolecular Hbond substituents is 1. The third-order valence-corrected chi connectivity index (χ3v) is 5.54. The Hall–Kier alpha value is -2.49. The molecule has 1 amide bonds. The highest BCUT2D eigenvalue weighted by Crippen LogP contribution is 2.23. The van der Waals surface area contributed by atoms with E-state index in [9.17, 15) is 9.90 Å². The third-order valence-electron chi connectivity index (χ3n) is 5.54. The number of aliphatic imine (C=N–C) groups is 1. The lowest BCUT2D eigenvalue weighted by molar-refractivity contribution is 0.0953. The molecule has 1 fully saturated rings. The number of hydrogen-bond donors (Lipinski definition) is 4. The van der Waals surface area contributed by atoms with Crippen molar-refractivity contribution in [3.8, 4) is 5.75 Å². The van der Waals surface area contributed by atoms with Gasteiger partial charge in [-0.3, -0.25) is 9.79 Å². The molecule has 3 rings (SSSR count). The number of rotatable bonds is 9. The van der Waals surface area contributed by atoms with Gasteiger partial charge in [0, 0.05) is 44.0 Å². The van der Waals surface area contributed by atoms with Gasteiger partial charge in [0.25, 0.3) is 5.91 Å². The van der Waals surface area contributed by atoms with Gasteiger partial charge in [-0.05, 0) is 69.0 Å². The maximum Gasteiger partial charge on any atom is 0.251 e. The molecule has 1 unspecified atom stereocenters. The van der Waals surface area contributed by atoms with Crippen LogP contribution in [-0.4, -0.2) is 49.7 Å². The van der Waals surface area contributed by atoms with Crippen molar-refractivity contribution >= 4 is 41.5 Å². The number of amides is 1. The van der Waals surface area contributed by atoms with Gasteiger partial charge >= 0.3 is 0 Å². The average molecular weight is 566 g/mol. The highest BCUT2D eigenvalue weighted by Gasteiger charge is 2.14. The van der Waals surface area contributed by atoms with Crippen LogP contribution in [0.3, 0.4) is 0 Å². The minimum absolute atomic E-state index is 0. The molecule has 0 aliphatic carbocycles. The van der Waals surface area contributed by atoms with Crippen LogP contribution in [0.15, 0.2) is 53.5 Å². The summed E-state index contributed by atoms with van der Waals surface area (Å²) < 4.78 is 0. The predicted molar refractivity (Wildman–Crippen MR) is 146 cm³/mol. The molecule has 1 atom stereocenters. The normalized spacial score (nSPS) is 14.4. The summed E-state index contributed by atoms with van der Waals surface area (Å²) in [7, 11) is 0. The van der Waals surface area contributed by atoms with Crippen LogP contribution in [0, 0.1) is 0 Å². The number of benzene rings is 2. The molecule has 4 N–H and O–H groups in total. The smallest absolute Gasteiger partial charge is 0.251 e. The highest BCUT2D eigenvalue weighted by molar-refractivity contribution is 14.0. The summed E-state index contributed by atoms with van der Waals surface area (Å²) in [6, 6.07) is 15.2. The number of halogens is 1. The van der Waals surface area contributed by atoms with Crippen LogP contribution < -0.4 is 20.9 Å². The SMILES string of the molecule is CCNC(=NCCCNC(=O)c1cccc(O)c1)NC(C)c1cccc(N2CCCC2)c1.I. The highest BCUT2D eigenvalue weighted by atomic mass is 127. The van der Waals surface area contributed by atoms with Gasteiger partial charge in [-0.2, -0.15) is 0 Å². The second kappa shape index (κ2) is 13.9. The van der Waals surface area contributed by atoms with Crippen molar-refractivity contribution in [3.63, 3.8) is 0 Å². The van der Waals surface area contributed by atoms with Crippen molar-refractivity contribution in [2.45, 2.75) is 39.2 Å². The summed E-state index contributed by atoms with van der Waals surface area (Å²) in [5.41, 5.74) is 2.98. The second-order valence-corrected chi connectivity index (χ2v) is 8.08. The Kier molecular flexibility index (Phi) is 11.3. The Morgan fingerprint density at radius 1 is 1.12 bits per heavy atom. The van der Waals surface area contributed by atoms with E-state index in [-0.39, 0.29) is 41.7 Å². The van der Waals surface area contributed by atoms with Crippen LogP contribution in [0.1, 0.15) is 55.1 Å². The number of aromatic hydroxyl groups is 1. The van der Waals surface area contributed by atoms with E-state index in [1.54, 1.807) is 18.2 Å². The minimum atomic E-state index is -0.193. The van der Waals surface area contributed by atoms with Gasteiger partial charge < -0.3 is 26.0 Å². The summed E-state index contributed by atoms with van der Waals surface area (Å²) in [5, 5.41) is 19.1. The largest absolute Gasteiger partial charge is 0.508 e. The molecule has 2 aromatic rings. The Morgan fingerprint density at radius 3 is 2.61 bits per heavy atom. The topological polar surface area (TPSA) is 89.0 Å². The van der Waals surface area contributed by atoms with Crippen molar-refractivity contribution in [2.24, 2.45) is 4.99 Å². The van der Waals surface area contributed by atoms with E-state index < -0.39 is 0 Å². The maximum absolute atomic E-state index is 12.1. The number of carbonyl (C=O) groups excluding carboxylic acids is 1. The monoisotopic (exact) mass is 565 g/mol. The zero-order valence-corrected chi connectivity index (χ0v) is 21.8. The van der Waals surface area contributed by atoms with E-state index in [4.69, 9.17) is 0 Å². The second-order valence-electron chi connectivity index (χ2n) is 8.08. The molecule has 0 spiro atoms. The zero-order valence-electron chi connectivity index (χ0n) is 19.5. The van der Waals surface area contributed by atoms with Crippen LogP contribution in [0.4, 0.5) is 5.69 Å². The molecule has 1 aliphatic heterocycles. The van der Waals surface area contributed by atoms with Gasteiger partial charge in [-0.25, -0.2) is 0 Å². The predicted octanol–water partition coefficient (Wildman–Crippen LogP) is 4.05. The first kappa shape index (κ1) is 26.8. The molecule has 33 heavy (non-hydrogen) atoms. The van der Waals surface area contributed by atoms with Crippen LogP contribution >= 0.6 is 24.0 Å². The van der Waals surface area contributed by atoms with Crippen molar-refractivity contribution in [1.29, 1.82) is 0 Å². The zero-order chi connectivity index (χ0) is 22.8. The summed E-state index contributed by atoms with van der Waals surface area (Å²) >= 11 is 0. The standard InChI is InChI=1S/C25H35N5O2.HI/c1-3-26-25(28-14-8-13-27-24(32)21-10-7-12-23(31)18-21)29-19(2)20-9-6-11-22(17-20)30-15-4-5-16-30;/h6-7,9-12,17-19,31H,3-5,8,13-16H2,1-2H3,(H,27,32)(H2,26,28,29);1H. The molecule has 2 aromatic carbocycles. The fourth-order valence-corrected chi connectivity index (χ4v) is 3.80. The van der Waals surface area contributed by atoms with Gasteiger partial charge in [0.2, 0.25) is 0 Å². The van der Waals surface area contributed by atoms with Crippen LogP contribution in [0.25, 0.3) is 0 Å². The van der Waals surface area contributed by atoms with Crippen molar-refractivity contribution in [2.75, 3.05) is 37.6 Å². The molecule has 1 heterocycles. The van der Waals surface area contributed by atoms with Crippen LogP contribution in [0.2, 0.25) is 0 Å². The molecule has 0 bridgehead atoms.